The Morgan fingerprint density at radius 1 is 1.50 bits per heavy atom. The van der Waals surface area contributed by atoms with Crippen LogP contribution in [-0.4, -0.2) is 26.8 Å². The lowest BCUT2D eigenvalue weighted by Crippen LogP contribution is -2.41. The Labute approximate surface area is 87.9 Å². The molecule has 0 heterocycles. The van der Waals surface area contributed by atoms with Gasteiger partial charge in [-0.1, -0.05) is 0 Å². The van der Waals surface area contributed by atoms with Crippen LogP contribution in [0.1, 0.15) is 6.42 Å². The van der Waals surface area contributed by atoms with Gasteiger partial charge in [-0.3, -0.25) is 20.2 Å². The second kappa shape index (κ2) is 3.96. The summed E-state index contributed by atoms with van der Waals surface area (Å²) in [7, 11) is 0. The summed E-state index contributed by atoms with van der Waals surface area (Å²) in [5, 5.41) is 29.3. The lowest BCUT2D eigenvalue weighted by atomic mass is 10.0. The molecule has 9 nitrogen and oxygen atoms in total. The van der Waals surface area contributed by atoms with Crippen molar-refractivity contribution in [2.45, 2.75) is 12.1 Å². The summed E-state index contributed by atoms with van der Waals surface area (Å²) in [6.07, 6.45) is 0.193. The Balaban J connectivity index is 2.96. The fourth-order valence-electron chi connectivity index (χ4n) is 1.14. The van der Waals surface area contributed by atoms with E-state index in [1.165, 1.54) is 0 Å². The van der Waals surface area contributed by atoms with E-state index < -0.39 is 28.1 Å². The average molecular weight is 230 g/mol. The number of ether oxygens (including phenoxy) is 1. The molecule has 16 heavy (non-hydrogen) atoms. The first-order valence-corrected chi connectivity index (χ1v) is 3.97. The largest absolute Gasteiger partial charge is 0.511 e. The molecule has 0 aromatic heterocycles. The van der Waals surface area contributed by atoms with Gasteiger partial charge in [0.1, 0.15) is 0 Å². The van der Waals surface area contributed by atoms with E-state index in [1.54, 1.807) is 0 Å². The van der Waals surface area contributed by atoms with E-state index in [-0.39, 0.29) is 5.70 Å². The molecule has 1 rings (SSSR count). The van der Waals surface area contributed by atoms with Crippen LogP contribution in [0.25, 0.3) is 0 Å². The number of nitro groups is 2. The second-order valence-electron chi connectivity index (χ2n) is 2.89. The highest BCUT2D eigenvalue weighted by Crippen LogP contribution is 2.26. The predicted octanol–water partition coefficient (Wildman–Crippen LogP) is 0.774. The van der Waals surface area contributed by atoms with Crippen molar-refractivity contribution in [3.05, 3.63) is 44.2 Å². The Kier molecular flexibility index (Phi) is 2.88. The van der Waals surface area contributed by atoms with Crippen molar-refractivity contribution in [3.8, 4) is 0 Å². The van der Waals surface area contributed by atoms with Gasteiger partial charge in [-0.2, -0.15) is 0 Å². The maximum Gasteiger partial charge on any atom is 0.511 e. The zero-order valence-electron chi connectivity index (χ0n) is 7.73. The van der Waals surface area contributed by atoms with Crippen molar-refractivity contribution in [2.75, 3.05) is 0 Å². The third-order valence-electron chi connectivity index (χ3n) is 1.90. The van der Waals surface area contributed by atoms with E-state index in [0.29, 0.717) is 0 Å². The number of allylic oxidation sites excluding steroid dienone is 1. The van der Waals surface area contributed by atoms with E-state index >= 15 is 0 Å². The molecule has 1 N–H and O–H groups in total. The Bertz CT molecular complexity index is 413. The Morgan fingerprint density at radius 3 is 2.44 bits per heavy atom. The van der Waals surface area contributed by atoms with Crippen LogP contribution >= 0.6 is 0 Å². The Hall–Kier alpha value is -2.45. The van der Waals surface area contributed by atoms with Gasteiger partial charge >= 0.3 is 11.9 Å². The molecule has 0 amide bonds. The van der Waals surface area contributed by atoms with Crippen LogP contribution in [-0.2, 0) is 4.74 Å². The maximum atomic E-state index is 10.7. The van der Waals surface area contributed by atoms with Crippen molar-refractivity contribution in [3.63, 3.8) is 0 Å². The van der Waals surface area contributed by atoms with Gasteiger partial charge in [0, 0.05) is 18.2 Å². The zero-order valence-corrected chi connectivity index (χ0v) is 7.73. The molecule has 1 unspecified atom stereocenters. The first kappa shape index (κ1) is 11.6. The molecule has 0 aromatic carbocycles. The zero-order chi connectivity index (χ0) is 12.3. The van der Waals surface area contributed by atoms with Gasteiger partial charge in [-0.05, 0) is 0 Å². The predicted molar refractivity (Wildman–Crippen MR) is 47.7 cm³/mol. The van der Waals surface area contributed by atoms with Crippen LogP contribution in [0.3, 0.4) is 0 Å². The van der Waals surface area contributed by atoms with Gasteiger partial charge < -0.3 is 9.84 Å². The van der Waals surface area contributed by atoms with Crippen LogP contribution < -0.4 is 0 Å². The smallest absolute Gasteiger partial charge is 0.450 e. The molecular weight excluding hydrogens is 224 g/mol. The van der Waals surface area contributed by atoms with Crippen molar-refractivity contribution in [2.24, 2.45) is 0 Å². The van der Waals surface area contributed by atoms with Crippen molar-refractivity contribution in [1.82, 2.24) is 0 Å². The SMILES string of the molecule is O=C(O)OC1([N+](=O)[O-])C=CC([N+](=O)[O-])=CC1. The topological polar surface area (TPSA) is 133 Å². The highest BCUT2D eigenvalue weighted by Gasteiger charge is 2.46. The number of hydrogen-bond acceptors (Lipinski definition) is 6. The first-order chi connectivity index (χ1) is 7.37. The van der Waals surface area contributed by atoms with Crippen LogP contribution in [0, 0.1) is 20.2 Å². The number of rotatable bonds is 3. The molecule has 0 radical (unpaired) electrons. The van der Waals surface area contributed by atoms with Gasteiger partial charge in [0.05, 0.1) is 16.3 Å². The van der Waals surface area contributed by atoms with E-state index in [4.69, 9.17) is 5.11 Å². The van der Waals surface area contributed by atoms with Crippen LogP contribution in [0.5, 0.6) is 0 Å². The van der Waals surface area contributed by atoms with Crippen molar-refractivity contribution in [1.29, 1.82) is 0 Å². The summed E-state index contributed by atoms with van der Waals surface area (Å²) >= 11 is 0. The van der Waals surface area contributed by atoms with Gasteiger partial charge in [-0.25, -0.2) is 4.79 Å². The highest BCUT2D eigenvalue weighted by atomic mass is 16.7. The van der Waals surface area contributed by atoms with Gasteiger partial charge in [0.15, 0.2) is 0 Å². The van der Waals surface area contributed by atoms with E-state index in [0.717, 1.165) is 18.2 Å². The molecule has 1 aliphatic rings. The highest BCUT2D eigenvalue weighted by molar-refractivity contribution is 5.58. The maximum absolute atomic E-state index is 10.7. The summed E-state index contributed by atoms with van der Waals surface area (Å²) in [5.41, 5.74) is -2.61. The Morgan fingerprint density at radius 2 is 2.12 bits per heavy atom. The summed E-state index contributed by atoms with van der Waals surface area (Å²) in [6.45, 7) is 0. The fourth-order valence-corrected chi connectivity index (χ4v) is 1.14. The van der Waals surface area contributed by atoms with Gasteiger partial charge in [0.2, 0.25) is 0 Å². The van der Waals surface area contributed by atoms with Crippen molar-refractivity contribution < 1.29 is 24.5 Å². The summed E-state index contributed by atoms with van der Waals surface area (Å²) < 4.78 is 4.13. The molecule has 0 bridgehead atoms. The van der Waals surface area contributed by atoms with E-state index in [2.05, 4.69) is 4.74 Å². The number of nitrogens with zero attached hydrogens (tertiary/aromatic N) is 2. The minimum absolute atomic E-state index is 0.341. The molecule has 0 saturated carbocycles. The lowest BCUT2D eigenvalue weighted by molar-refractivity contribution is -0.605. The molecular formula is C7H6N2O7. The monoisotopic (exact) mass is 230 g/mol. The third kappa shape index (κ3) is 2.13. The number of carboxylic acid groups (broad SMARTS) is 1. The van der Waals surface area contributed by atoms with Crippen LogP contribution in [0.15, 0.2) is 23.9 Å². The van der Waals surface area contributed by atoms with E-state index in [9.17, 15) is 25.0 Å². The molecule has 1 aliphatic carbocycles. The lowest BCUT2D eigenvalue weighted by Gasteiger charge is -2.20. The molecule has 0 aromatic rings. The molecule has 9 heteroatoms. The average Bonchev–Trinajstić information content (AvgIpc) is 2.17. The van der Waals surface area contributed by atoms with Crippen LogP contribution in [0.4, 0.5) is 4.79 Å². The molecule has 1 atom stereocenters. The summed E-state index contributed by atoms with van der Waals surface area (Å²) in [5.74, 6) is 0. The summed E-state index contributed by atoms with van der Waals surface area (Å²) in [6, 6.07) is 0. The van der Waals surface area contributed by atoms with Crippen LogP contribution in [0.2, 0.25) is 0 Å². The summed E-state index contributed by atoms with van der Waals surface area (Å²) in [4.78, 5) is 29.6. The van der Waals surface area contributed by atoms with Gasteiger partial charge in [-0.15, -0.1) is 0 Å². The minimum Gasteiger partial charge on any atom is -0.450 e. The van der Waals surface area contributed by atoms with Gasteiger partial charge in [0.25, 0.3) is 5.70 Å². The standard InChI is InChI=1S/C7H6N2O7/c10-6(11)16-7(9(14)15)3-1-5(2-4-7)8(12)13/h1-3H,4H2,(H,10,11). The minimum atomic E-state index is -2.27. The second-order valence-corrected chi connectivity index (χ2v) is 2.89. The molecule has 0 saturated heterocycles. The third-order valence-corrected chi connectivity index (χ3v) is 1.90. The quantitative estimate of drug-likeness (QED) is 0.327. The normalized spacial score (nSPS) is 23.4. The van der Waals surface area contributed by atoms with Crippen molar-refractivity contribution >= 4 is 6.16 Å². The fraction of sp³-hybridized carbons (Fsp3) is 0.286. The van der Waals surface area contributed by atoms with E-state index in [1.807, 2.05) is 0 Å². The number of carbonyl (C=O) groups is 1. The first-order valence-electron chi connectivity index (χ1n) is 3.97. The molecule has 86 valence electrons. The number of hydrogen-bond donors (Lipinski definition) is 1. The molecule has 0 aliphatic heterocycles. The molecule has 0 spiro atoms. The molecule has 0 fully saturated rings.